The van der Waals surface area contributed by atoms with E-state index in [0.29, 0.717) is 37.6 Å². The van der Waals surface area contributed by atoms with Crippen LogP contribution >= 0.6 is 0 Å². The van der Waals surface area contributed by atoms with Gasteiger partial charge in [0.2, 0.25) is 10.0 Å². The van der Waals surface area contributed by atoms with E-state index in [9.17, 15) is 8.42 Å². The average molecular weight is 496 g/mol. The number of aromatic nitrogens is 2. The van der Waals surface area contributed by atoms with Crippen molar-refractivity contribution in [3.05, 3.63) is 59.9 Å². The van der Waals surface area contributed by atoms with Crippen LogP contribution < -0.4 is 5.32 Å². The van der Waals surface area contributed by atoms with Gasteiger partial charge < -0.3 is 10.2 Å². The van der Waals surface area contributed by atoms with E-state index in [4.69, 9.17) is 15.4 Å². The Morgan fingerprint density at radius 1 is 1.06 bits per heavy atom. The summed E-state index contributed by atoms with van der Waals surface area (Å²) in [5, 5.41) is 11.7. The second-order valence-electron chi connectivity index (χ2n) is 8.89. The topological polar surface area (TPSA) is 106 Å². The van der Waals surface area contributed by atoms with Gasteiger partial charge in [0, 0.05) is 51.7 Å². The van der Waals surface area contributed by atoms with Crippen LogP contribution in [0.4, 0.5) is 5.82 Å². The van der Waals surface area contributed by atoms with Gasteiger partial charge in [-0.15, -0.1) is 0 Å². The molecule has 2 N–H and O–H groups in total. The fraction of sp³-hybridized carbons (Fsp3) is 0.400. The number of nitrogens with zero attached hydrogens (tertiary/aromatic N) is 5. The van der Waals surface area contributed by atoms with Crippen molar-refractivity contribution in [3.63, 3.8) is 0 Å². The summed E-state index contributed by atoms with van der Waals surface area (Å²) in [7, 11) is -1.60. The summed E-state index contributed by atoms with van der Waals surface area (Å²) in [6, 6.07) is 15.0. The van der Waals surface area contributed by atoms with Crippen LogP contribution in [0, 0.1) is 12.3 Å². The molecule has 35 heavy (non-hydrogen) atoms. The molecule has 1 aliphatic rings. The highest BCUT2D eigenvalue weighted by Gasteiger charge is 2.28. The lowest BCUT2D eigenvalue weighted by molar-refractivity contribution is 0.178. The molecule has 2 aromatic carbocycles. The minimum atomic E-state index is -3.48. The lowest BCUT2D eigenvalue weighted by Gasteiger charge is -2.33. The molecule has 0 saturated carbocycles. The van der Waals surface area contributed by atoms with Crippen molar-refractivity contribution in [1.29, 1.82) is 5.41 Å². The largest absolute Gasteiger partial charge is 0.369 e. The Hall–Kier alpha value is -3.08. The maximum atomic E-state index is 13.0. The maximum Gasteiger partial charge on any atom is 0.243 e. The van der Waals surface area contributed by atoms with E-state index in [1.165, 1.54) is 6.34 Å². The second kappa shape index (κ2) is 11.1. The fourth-order valence-electron chi connectivity index (χ4n) is 4.12. The van der Waals surface area contributed by atoms with Gasteiger partial charge in [0.1, 0.15) is 11.6 Å². The minimum Gasteiger partial charge on any atom is -0.369 e. The Morgan fingerprint density at radius 2 is 1.77 bits per heavy atom. The van der Waals surface area contributed by atoms with Crippen LogP contribution in [0.15, 0.2) is 53.4 Å². The molecule has 1 aromatic heterocycles. The van der Waals surface area contributed by atoms with E-state index < -0.39 is 10.0 Å². The normalized spacial score (nSPS) is 15.3. The first kappa shape index (κ1) is 25.0. The number of anilines is 1. The Balaban J connectivity index is 1.41. The molecule has 0 atom stereocenters. The van der Waals surface area contributed by atoms with Crippen LogP contribution in [0.1, 0.15) is 17.8 Å². The van der Waals surface area contributed by atoms with Gasteiger partial charge in [0.25, 0.3) is 0 Å². The molecular weight excluding hydrogens is 462 g/mol. The van der Waals surface area contributed by atoms with Gasteiger partial charge in [-0.05, 0) is 37.6 Å². The quantitative estimate of drug-likeness (QED) is 0.253. The van der Waals surface area contributed by atoms with Gasteiger partial charge in [-0.1, -0.05) is 29.8 Å². The third-order valence-corrected chi connectivity index (χ3v) is 8.12. The average Bonchev–Trinajstić information content (AvgIpc) is 2.87. The number of piperazine rings is 1. The Labute approximate surface area is 207 Å². The highest BCUT2D eigenvalue weighted by atomic mass is 32.2. The molecule has 2 heterocycles. The maximum absolute atomic E-state index is 13.0. The van der Waals surface area contributed by atoms with Crippen molar-refractivity contribution < 1.29 is 8.42 Å². The van der Waals surface area contributed by atoms with E-state index in [1.807, 2.05) is 55.3 Å². The first-order chi connectivity index (χ1) is 16.9. The summed E-state index contributed by atoms with van der Waals surface area (Å²) in [5.41, 5.74) is 1.92. The van der Waals surface area contributed by atoms with Crippen LogP contribution in [-0.4, -0.2) is 85.1 Å². The van der Waals surface area contributed by atoms with Crippen molar-refractivity contribution in [2.45, 2.75) is 24.8 Å². The van der Waals surface area contributed by atoms with Gasteiger partial charge >= 0.3 is 0 Å². The number of hydrogen-bond acceptors (Lipinski definition) is 7. The minimum absolute atomic E-state index is 0.344. The molecule has 0 bridgehead atoms. The lowest BCUT2D eigenvalue weighted by atomic mass is 10.2. The first-order valence-electron chi connectivity index (χ1n) is 11.9. The standard InChI is InChI=1S/C25H33N7O2S/c1-20-8-10-21(11-9-20)35(33,34)32-16-14-31(15-17-32)18-24-28-23-7-4-3-6-22(23)25(29-24)27-12-5-13-30(2)19-26/h3-4,6-11,19,26H,5,12-18H2,1-2H3,(H,27,28,29). The van der Waals surface area contributed by atoms with Crippen LogP contribution in [0.5, 0.6) is 0 Å². The van der Waals surface area contributed by atoms with Crippen molar-refractivity contribution >= 4 is 33.1 Å². The third kappa shape index (κ3) is 6.14. The number of nitrogens with one attached hydrogen (secondary N) is 2. The van der Waals surface area contributed by atoms with Crippen LogP contribution in [0.25, 0.3) is 10.9 Å². The van der Waals surface area contributed by atoms with Crippen LogP contribution in [0.3, 0.4) is 0 Å². The number of hydrogen-bond donors (Lipinski definition) is 2. The van der Waals surface area contributed by atoms with E-state index in [-0.39, 0.29) is 0 Å². The van der Waals surface area contributed by atoms with Gasteiger partial charge in [-0.3, -0.25) is 10.3 Å². The van der Waals surface area contributed by atoms with Gasteiger partial charge in [0.15, 0.2) is 0 Å². The van der Waals surface area contributed by atoms with E-state index >= 15 is 0 Å². The molecule has 1 aliphatic heterocycles. The zero-order valence-electron chi connectivity index (χ0n) is 20.3. The van der Waals surface area contributed by atoms with Crippen LogP contribution in [-0.2, 0) is 16.6 Å². The van der Waals surface area contributed by atoms with Crippen molar-refractivity contribution in [2.24, 2.45) is 0 Å². The summed E-state index contributed by atoms with van der Waals surface area (Å²) in [4.78, 5) is 13.9. The molecule has 0 unspecified atom stereocenters. The summed E-state index contributed by atoms with van der Waals surface area (Å²) in [5.74, 6) is 1.53. The summed E-state index contributed by atoms with van der Waals surface area (Å²) in [6.45, 7) is 6.18. The Bertz CT molecular complexity index is 1260. The van der Waals surface area contributed by atoms with Crippen molar-refractivity contribution in [1.82, 2.24) is 24.1 Å². The lowest BCUT2D eigenvalue weighted by Crippen LogP contribution is -2.48. The molecule has 0 amide bonds. The number of fused-ring (bicyclic) bond motifs is 1. The fourth-order valence-corrected chi connectivity index (χ4v) is 5.54. The third-order valence-electron chi connectivity index (χ3n) is 6.21. The number of aryl methyl sites for hydroxylation is 1. The Kier molecular flexibility index (Phi) is 7.94. The highest BCUT2D eigenvalue weighted by Crippen LogP contribution is 2.22. The number of rotatable bonds is 10. The Morgan fingerprint density at radius 3 is 2.49 bits per heavy atom. The van der Waals surface area contributed by atoms with E-state index in [2.05, 4.69) is 10.2 Å². The monoisotopic (exact) mass is 495 g/mol. The predicted molar refractivity (Wildman–Crippen MR) is 139 cm³/mol. The number of para-hydroxylation sites is 1. The van der Waals surface area contributed by atoms with Gasteiger partial charge in [-0.25, -0.2) is 18.4 Å². The highest BCUT2D eigenvalue weighted by molar-refractivity contribution is 7.89. The van der Waals surface area contributed by atoms with E-state index in [1.54, 1.807) is 16.4 Å². The SMILES string of the molecule is Cc1ccc(S(=O)(=O)N2CCN(Cc3nc(NCCCN(C)C=N)c4ccccc4n3)CC2)cc1. The molecule has 0 aliphatic carbocycles. The molecule has 0 spiro atoms. The smallest absolute Gasteiger partial charge is 0.243 e. The molecule has 186 valence electrons. The van der Waals surface area contributed by atoms with Gasteiger partial charge in [-0.2, -0.15) is 4.31 Å². The van der Waals surface area contributed by atoms with E-state index in [0.717, 1.165) is 47.6 Å². The first-order valence-corrected chi connectivity index (χ1v) is 13.3. The molecule has 10 heteroatoms. The van der Waals surface area contributed by atoms with Crippen LogP contribution in [0.2, 0.25) is 0 Å². The number of sulfonamides is 1. The molecule has 1 saturated heterocycles. The van der Waals surface area contributed by atoms with Gasteiger partial charge in [0.05, 0.1) is 23.3 Å². The zero-order chi connectivity index (χ0) is 24.8. The molecule has 0 radical (unpaired) electrons. The molecule has 4 rings (SSSR count). The predicted octanol–water partition coefficient (Wildman–Crippen LogP) is 2.79. The second-order valence-corrected chi connectivity index (χ2v) is 10.8. The molecule has 3 aromatic rings. The number of benzene rings is 2. The summed E-state index contributed by atoms with van der Waals surface area (Å²) < 4.78 is 27.6. The van der Waals surface area contributed by atoms with Crippen molar-refractivity contribution in [2.75, 3.05) is 51.6 Å². The summed E-state index contributed by atoms with van der Waals surface area (Å²) >= 11 is 0. The zero-order valence-corrected chi connectivity index (χ0v) is 21.1. The molecular formula is C25H33N7O2S. The van der Waals surface area contributed by atoms with Crippen molar-refractivity contribution in [3.8, 4) is 0 Å². The summed E-state index contributed by atoms with van der Waals surface area (Å²) in [6.07, 6.45) is 2.21. The molecule has 9 nitrogen and oxygen atoms in total. The molecule has 1 fully saturated rings.